The van der Waals surface area contributed by atoms with Gasteiger partial charge < -0.3 is 29.7 Å². The molecule has 0 saturated carbocycles. The van der Waals surface area contributed by atoms with Crippen molar-refractivity contribution >= 4 is 29.9 Å². The predicted molar refractivity (Wildman–Crippen MR) is 101 cm³/mol. The third-order valence-corrected chi connectivity index (χ3v) is 2.88. The highest BCUT2D eigenvalue weighted by molar-refractivity contribution is 14.0. The SMILES string of the molecule is CN=C(NCCCOCCOC)NCCN(C)CCOC.I. The lowest BCUT2D eigenvalue weighted by atomic mass is 10.4. The van der Waals surface area contributed by atoms with Crippen LogP contribution in [0.2, 0.25) is 0 Å². The number of hydrogen-bond donors (Lipinski definition) is 2. The van der Waals surface area contributed by atoms with E-state index in [9.17, 15) is 0 Å². The maximum atomic E-state index is 5.40. The fourth-order valence-corrected chi connectivity index (χ4v) is 1.57. The van der Waals surface area contributed by atoms with Gasteiger partial charge in [0.1, 0.15) is 0 Å². The zero-order chi connectivity index (χ0) is 15.8. The molecule has 0 aliphatic heterocycles. The first kappa shape index (κ1) is 24.1. The van der Waals surface area contributed by atoms with Crippen LogP contribution < -0.4 is 10.6 Å². The lowest BCUT2D eigenvalue weighted by Gasteiger charge is -2.17. The standard InChI is InChI=1S/C14H32N4O3.HI/c1-15-14(16-6-5-10-21-13-12-20-4)17-7-8-18(2)9-11-19-3;/h5-13H2,1-4H3,(H2,15,16,17);1H. The van der Waals surface area contributed by atoms with Crippen molar-refractivity contribution in [2.24, 2.45) is 4.99 Å². The average Bonchev–Trinajstić information content (AvgIpc) is 2.50. The van der Waals surface area contributed by atoms with Gasteiger partial charge in [-0.25, -0.2) is 0 Å². The van der Waals surface area contributed by atoms with Crippen molar-refractivity contribution < 1.29 is 14.2 Å². The van der Waals surface area contributed by atoms with Gasteiger partial charge in [0.15, 0.2) is 5.96 Å². The van der Waals surface area contributed by atoms with Gasteiger partial charge in [0.05, 0.1) is 19.8 Å². The second-order valence-electron chi connectivity index (χ2n) is 4.68. The summed E-state index contributed by atoms with van der Waals surface area (Å²) >= 11 is 0. The Morgan fingerprint density at radius 1 is 0.955 bits per heavy atom. The number of halogens is 1. The minimum absolute atomic E-state index is 0. The molecular formula is C14H33IN4O3. The normalized spacial score (nSPS) is 11.4. The minimum Gasteiger partial charge on any atom is -0.383 e. The topological polar surface area (TPSA) is 67.4 Å². The van der Waals surface area contributed by atoms with Crippen molar-refractivity contribution in [2.45, 2.75) is 6.42 Å². The number of ether oxygens (including phenoxy) is 3. The second kappa shape index (κ2) is 18.9. The van der Waals surface area contributed by atoms with Crippen molar-refractivity contribution in [1.29, 1.82) is 0 Å². The Morgan fingerprint density at radius 2 is 1.64 bits per heavy atom. The molecular weight excluding hydrogens is 399 g/mol. The van der Waals surface area contributed by atoms with Crippen LogP contribution in [0.5, 0.6) is 0 Å². The molecule has 0 aliphatic carbocycles. The Bertz CT molecular complexity index is 258. The van der Waals surface area contributed by atoms with Gasteiger partial charge in [-0.1, -0.05) is 0 Å². The van der Waals surface area contributed by atoms with E-state index in [1.807, 2.05) is 0 Å². The van der Waals surface area contributed by atoms with Gasteiger partial charge in [-0.15, -0.1) is 24.0 Å². The van der Waals surface area contributed by atoms with E-state index >= 15 is 0 Å². The maximum Gasteiger partial charge on any atom is 0.191 e. The van der Waals surface area contributed by atoms with Crippen LogP contribution in [0.1, 0.15) is 6.42 Å². The number of nitrogens with one attached hydrogen (secondary N) is 2. The third kappa shape index (κ3) is 16.2. The number of nitrogens with zero attached hydrogens (tertiary/aromatic N) is 2. The van der Waals surface area contributed by atoms with Gasteiger partial charge in [0.25, 0.3) is 0 Å². The summed E-state index contributed by atoms with van der Waals surface area (Å²) in [6.07, 6.45) is 0.943. The fraction of sp³-hybridized carbons (Fsp3) is 0.929. The predicted octanol–water partition coefficient (Wildman–Crippen LogP) is 0.401. The van der Waals surface area contributed by atoms with Crippen molar-refractivity contribution in [1.82, 2.24) is 15.5 Å². The molecule has 0 amide bonds. The molecule has 0 unspecified atom stereocenters. The molecule has 0 aromatic rings. The summed E-state index contributed by atoms with van der Waals surface area (Å²) in [5.41, 5.74) is 0. The van der Waals surface area contributed by atoms with E-state index in [0.717, 1.165) is 51.8 Å². The Kier molecular flexibility index (Phi) is 20.7. The van der Waals surface area contributed by atoms with Crippen molar-refractivity contribution in [3.8, 4) is 0 Å². The van der Waals surface area contributed by atoms with E-state index in [0.29, 0.717) is 13.2 Å². The van der Waals surface area contributed by atoms with E-state index in [4.69, 9.17) is 14.2 Å². The first-order chi connectivity index (χ1) is 10.2. The molecule has 7 nitrogen and oxygen atoms in total. The Morgan fingerprint density at radius 3 is 2.27 bits per heavy atom. The van der Waals surface area contributed by atoms with Gasteiger partial charge in [0, 0.05) is 54.1 Å². The number of likely N-dealkylation sites (N-methyl/N-ethyl adjacent to an activating group) is 1. The highest BCUT2D eigenvalue weighted by atomic mass is 127. The summed E-state index contributed by atoms with van der Waals surface area (Å²) in [4.78, 5) is 6.40. The lowest BCUT2D eigenvalue weighted by molar-refractivity contribution is 0.0698. The average molecular weight is 432 g/mol. The van der Waals surface area contributed by atoms with Crippen LogP contribution >= 0.6 is 24.0 Å². The van der Waals surface area contributed by atoms with Crippen LogP contribution in [0.4, 0.5) is 0 Å². The molecule has 22 heavy (non-hydrogen) atoms. The van der Waals surface area contributed by atoms with Gasteiger partial charge in [-0.2, -0.15) is 0 Å². The zero-order valence-corrected chi connectivity index (χ0v) is 16.7. The van der Waals surface area contributed by atoms with E-state index in [1.54, 1.807) is 21.3 Å². The summed E-state index contributed by atoms with van der Waals surface area (Å²) < 4.78 is 15.4. The third-order valence-electron chi connectivity index (χ3n) is 2.88. The maximum absolute atomic E-state index is 5.40. The molecule has 0 radical (unpaired) electrons. The minimum atomic E-state index is 0. The first-order valence-electron chi connectivity index (χ1n) is 7.43. The summed E-state index contributed by atoms with van der Waals surface area (Å²) in [6.45, 7) is 6.35. The number of hydrogen-bond acceptors (Lipinski definition) is 5. The lowest BCUT2D eigenvalue weighted by Crippen LogP contribution is -2.41. The molecule has 134 valence electrons. The Labute approximate surface area is 152 Å². The van der Waals surface area contributed by atoms with Crippen molar-refractivity contribution in [2.75, 3.05) is 80.9 Å². The van der Waals surface area contributed by atoms with Crippen LogP contribution in [0.25, 0.3) is 0 Å². The van der Waals surface area contributed by atoms with Gasteiger partial charge in [0.2, 0.25) is 0 Å². The van der Waals surface area contributed by atoms with Crippen LogP contribution in [0, 0.1) is 0 Å². The Balaban J connectivity index is 0. The van der Waals surface area contributed by atoms with Crippen LogP contribution in [0.3, 0.4) is 0 Å². The highest BCUT2D eigenvalue weighted by Gasteiger charge is 2.00. The number of aliphatic imine (C=N–C) groups is 1. The molecule has 0 aromatic carbocycles. The largest absolute Gasteiger partial charge is 0.383 e. The van der Waals surface area contributed by atoms with E-state index in [1.165, 1.54) is 0 Å². The molecule has 0 spiro atoms. The van der Waals surface area contributed by atoms with Crippen molar-refractivity contribution in [3.05, 3.63) is 0 Å². The molecule has 0 atom stereocenters. The molecule has 0 saturated heterocycles. The fourth-order valence-electron chi connectivity index (χ4n) is 1.57. The smallest absolute Gasteiger partial charge is 0.191 e. The molecule has 0 heterocycles. The van der Waals surface area contributed by atoms with E-state index in [2.05, 4.69) is 27.6 Å². The molecule has 2 N–H and O–H groups in total. The van der Waals surface area contributed by atoms with Crippen LogP contribution in [0.15, 0.2) is 4.99 Å². The van der Waals surface area contributed by atoms with Crippen LogP contribution in [-0.2, 0) is 14.2 Å². The first-order valence-corrected chi connectivity index (χ1v) is 7.43. The molecule has 0 fully saturated rings. The summed E-state index contributed by atoms with van der Waals surface area (Å²) in [6, 6.07) is 0. The van der Waals surface area contributed by atoms with Gasteiger partial charge >= 0.3 is 0 Å². The summed E-state index contributed by atoms with van der Waals surface area (Å²) in [7, 11) is 7.25. The van der Waals surface area contributed by atoms with E-state index in [-0.39, 0.29) is 24.0 Å². The number of rotatable bonds is 13. The quantitative estimate of drug-likeness (QED) is 0.190. The summed E-state index contributed by atoms with van der Waals surface area (Å²) in [5, 5.41) is 6.55. The van der Waals surface area contributed by atoms with Crippen LogP contribution in [-0.4, -0.2) is 91.8 Å². The Hall–Kier alpha value is -0.160. The zero-order valence-electron chi connectivity index (χ0n) is 14.4. The van der Waals surface area contributed by atoms with Gasteiger partial charge in [-0.05, 0) is 13.5 Å². The second-order valence-corrected chi connectivity index (χ2v) is 4.68. The highest BCUT2D eigenvalue weighted by Crippen LogP contribution is 1.83. The molecule has 8 heteroatoms. The van der Waals surface area contributed by atoms with Crippen molar-refractivity contribution in [3.63, 3.8) is 0 Å². The summed E-state index contributed by atoms with van der Waals surface area (Å²) in [5.74, 6) is 0.826. The monoisotopic (exact) mass is 432 g/mol. The number of methoxy groups -OCH3 is 2. The molecule has 0 aromatic heterocycles. The molecule has 0 rings (SSSR count). The van der Waals surface area contributed by atoms with Gasteiger partial charge in [-0.3, -0.25) is 4.99 Å². The number of guanidine groups is 1. The molecule has 0 bridgehead atoms. The molecule has 0 aliphatic rings. The van der Waals surface area contributed by atoms with E-state index < -0.39 is 0 Å².